The van der Waals surface area contributed by atoms with Crippen LogP contribution in [0.4, 0.5) is 5.69 Å². The SMILES string of the molecule is COCCNC(=O)c1ccccc1NC(=O)COc1ccc(Br)cc1Br. The third kappa shape index (κ3) is 6.12. The molecule has 2 rings (SSSR count). The summed E-state index contributed by atoms with van der Waals surface area (Å²) in [6.07, 6.45) is 0. The summed E-state index contributed by atoms with van der Waals surface area (Å²) in [7, 11) is 1.56. The number of amides is 2. The van der Waals surface area contributed by atoms with Crippen molar-refractivity contribution in [2.24, 2.45) is 0 Å². The number of benzene rings is 2. The van der Waals surface area contributed by atoms with E-state index in [-0.39, 0.29) is 18.4 Å². The lowest BCUT2D eigenvalue weighted by Gasteiger charge is -2.12. The molecule has 0 aliphatic heterocycles. The van der Waals surface area contributed by atoms with Crippen molar-refractivity contribution >= 4 is 49.4 Å². The molecular weight excluding hydrogens is 468 g/mol. The maximum Gasteiger partial charge on any atom is 0.262 e. The lowest BCUT2D eigenvalue weighted by atomic mass is 10.1. The first-order valence-electron chi connectivity index (χ1n) is 7.75. The topological polar surface area (TPSA) is 76.7 Å². The van der Waals surface area contributed by atoms with Gasteiger partial charge in [0.1, 0.15) is 5.75 Å². The number of carbonyl (C=O) groups excluding carboxylic acids is 2. The van der Waals surface area contributed by atoms with Gasteiger partial charge in [0.15, 0.2) is 6.61 Å². The molecule has 0 aliphatic carbocycles. The second kappa shape index (κ2) is 10.3. The van der Waals surface area contributed by atoms with E-state index in [9.17, 15) is 9.59 Å². The fourth-order valence-electron chi connectivity index (χ4n) is 2.07. The summed E-state index contributed by atoms with van der Waals surface area (Å²) in [4.78, 5) is 24.4. The molecule has 0 atom stereocenters. The van der Waals surface area contributed by atoms with Gasteiger partial charge in [0.25, 0.3) is 11.8 Å². The van der Waals surface area contributed by atoms with Crippen LogP contribution in [0.15, 0.2) is 51.4 Å². The van der Waals surface area contributed by atoms with Crippen LogP contribution in [0.25, 0.3) is 0 Å². The van der Waals surface area contributed by atoms with Crippen molar-refractivity contribution in [2.75, 3.05) is 32.2 Å². The average Bonchev–Trinajstić information content (AvgIpc) is 2.61. The van der Waals surface area contributed by atoms with E-state index >= 15 is 0 Å². The second-order valence-corrected chi connectivity index (χ2v) is 6.98. The molecule has 0 saturated heterocycles. The number of carbonyl (C=O) groups is 2. The number of para-hydroxylation sites is 1. The number of methoxy groups -OCH3 is 1. The van der Waals surface area contributed by atoms with E-state index < -0.39 is 0 Å². The molecule has 0 unspecified atom stereocenters. The normalized spacial score (nSPS) is 10.3. The third-order valence-corrected chi connectivity index (χ3v) is 4.40. The van der Waals surface area contributed by atoms with E-state index in [1.807, 2.05) is 12.1 Å². The van der Waals surface area contributed by atoms with Crippen molar-refractivity contribution in [3.63, 3.8) is 0 Å². The van der Waals surface area contributed by atoms with E-state index in [4.69, 9.17) is 9.47 Å². The van der Waals surface area contributed by atoms with Crippen LogP contribution in [0.2, 0.25) is 0 Å². The van der Waals surface area contributed by atoms with Gasteiger partial charge in [-0.2, -0.15) is 0 Å². The first-order valence-corrected chi connectivity index (χ1v) is 9.33. The smallest absolute Gasteiger partial charge is 0.262 e. The monoisotopic (exact) mass is 484 g/mol. The van der Waals surface area contributed by atoms with Gasteiger partial charge in [-0.15, -0.1) is 0 Å². The molecule has 0 fully saturated rings. The Morgan fingerprint density at radius 2 is 1.88 bits per heavy atom. The van der Waals surface area contributed by atoms with E-state index in [2.05, 4.69) is 42.5 Å². The third-order valence-electron chi connectivity index (χ3n) is 3.29. The summed E-state index contributed by atoms with van der Waals surface area (Å²) in [5.74, 6) is -0.0968. The first-order chi connectivity index (χ1) is 12.5. The van der Waals surface area contributed by atoms with Crippen molar-refractivity contribution in [3.8, 4) is 5.75 Å². The number of rotatable bonds is 8. The van der Waals surface area contributed by atoms with E-state index in [0.717, 1.165) is 8.95 Å². The summed E-state index contributed by atoms with van der Waals surface area (Å²) in [5.41, 5.74) is 0.799. The minimum Gasteiger partial charge on any atom is -0.483 e. The Kier molecular flexibility index (Phi) is 8.08. The van der Waals surface area contributed by atoms with Crippen LogP contribution in [0, 0.1) is 0 Å². The maximum absolute atomic E-state index is 12.2. The van der Waals surface area contributed by atoms with Crippen LogP contribution in [-0.2, 0) is 9.53 Å². The fraction of sp³-hybridized carbons (Fsp3) is 0.222. The largest absolute Gasteiger partial charge is 0.483 e. The lowest BCUT2D eigenvalue weighted by molar-refractivity contribution is -0.118. The molecule has 2 N–H and O–H groups in total. The summed E-state index contributed by atoms with van der Waals surface area (Å²) in [6, 6.07) is 12.2. The predicted octanol–water partition coefficient (Wildman–Crippen LogP) is 3.61. The van der Waals surface area contributed by atoms with Gasteiger partial charge in [-0.05, 0) is 46.3 Å². The zero-order valence-corrected chi connectivity index (χ0v) is 17.2. The van der Waals surface area contributed by atoms with E-state index in [1.54, 1.807) is 37.4 Å². The van der Waals surface area contributed by atoms with Crippen LogP contribution in [0.5, 0.6) is 5.75 Å². The van der Waals surface area contributed by atoms with Gasteiger partial charge in [-0.1, -0.05) is 28.1 Å². The lowest BCUT2D eigenvalue weighted by Crippen LogP contribution is -2.29. The standard InChI is InChI=1S/C18H18Br2N2O4/c1-25-9-8-21-18(24)13-4-2-3-5-15(13)22-17(23)11-26-16-7-6-12(19)10-14(16)20/h2-7,10H,8-9,11H2,1H3,(H,21,24)(H,22,23). The van der Waals surface area contributed by atoms with Crippen LogP contribution in [0.3, 0.4) is 0 Å². The van der Waals surface area contributed by atoms with Gasteiger partial charge in [0, 0.05) is 18.1 Å². The minimum atomic E-state index is -0.364. The average molecular weight is 486 g/mol. The highest BCUT2D eigenvalue weighted by atomic mass is 79.9. The Morgan fingerprint density at radius 1 is 1.12 bits per heavy atom. The van der Waals surface area contributed by atoms with Crippen molar-refractivity contribution in [1.82, 2.24) is 5.32 Å². The van der Waals surface area contributed by atoms with Crippen LogP contribution in [0.1, 0.15) is 10.4 Å². The molecule has 0 saturated carbocycles. The molecule has 0 spiro atoms. The summed E-state index contributed by atoms with van der Waals surface area (Å²) in [5, 5.41) is 5.43. The molecule has 0 bridgehead atoms. The number of nitrogens with one attached hydrogen (secondary N) is 2. The number of hydrogen-bond donors (Lipinski definition) is 2. The van der Waals surface area contributed by atoms with Gasteiger partial charge in [-0.3, -0.25) is 9.59 Å². The van der Waals surface area contributed by atoms with Crippen molar-refractivity contribution in [1.29, 1.82) is 0 Å². The van der Waals surface area contributed by atoms with Crippen molar-refractivity contribution in [3.05, 3.63) is 57.0 Å². The summed E-state index contributed by atoms with van der Waals surface area (Å²) >= 11 is 6.73. The van der Waals surface area contributed by atoms with Crippen molar-refractivity contribution in [2.45, 2.75) is 0 Å². The molecule has 0 radical (unpaired) electrons. The number of ether oxygens (including phenoxy) is 2. The van der Waals surface area contributed by atoms with Gasteiger partial charge >= 0.3 is 0 Å². The summed E-state index contributed by atoms with van der Waals surface area (Å²) in [6.45, 7) is 0.619. The highest BCUT2D eigenvalue weighted by Gasteiger charge is 2.13. The van der Waals surface area contributed by atoms with Gasteiger partial charge < -0.3 is 20.1 Å². The minimum absolute atomic E-state index is 0.181. The van der Waals surface area contributed by atoms with Gasteiger partial charge in [0.05, 0.1) is 22.3 Å². The quantitative estimate of drug-likeness (QED) is 0.560. The number of halogens is 2. The zero-order chi connectivity index (χ0) is 18.9. The Bertz CT molecular complexity index is 784. The zero-order valence-electron chi connectivity index (χ0n) is 14.1. The Morgan fingerprint density at radius 3 is 2.62 bits per heavy atom. The van der Waals surface area contributed by atoms with E-state index in [0.29, 0.717) is 30.2 Å². The highest BCUT2D eigenvalue weighted by molar-refractivity contribution is 9.11. The summed E-state index contributed by atoms with van der Waals surface area (Å²) < 4.78 is 12.0. The highest BCUT2D eigenvalue weighted by Crippen LogP contribution is 2.28. The predicted molar refractivity (Wildman–Crippen MR) is 107 cm³/mol. The molecular formula is C18H18Br2N2O4. The molecule has 8 heteroatoms. The molecule has 6 nitrogen and oxygen atoms in total. The maximum atomic E-state index is 12.2. The Balaban J connectivity index is 1.97. The second-order valence-electron chi connectivity index (χ2n) is 5.21. The fourth-order valence-corrected chi connectivity index (χ4v) is 3.24. The van der Waals surface area contributed by atoms with Gasteiger partial charge in [0.2, 0.25) is 0 Å². The molecule has 26 heavy (non-hydrogen) atoms. The molecule has 0 aromatic heterocycles. The van der Waals surface area contributed by atoms with Crippen LogP contribution >= 0.6 is 31.9 Å². The molecule has 2 aromatic rings. The van der Waals surface area contributed by atoms with Crippen LogP contribution < -0.4 is 15.4 Å². The number of anilines is 1. The van der Waals surface area contributed by atoms with Crippen LogP contribution in [-0.4, -0.2) is 38.7 Å². The Hall–Kier alpha value is -1.90. The Labute approximate surface area is 168 Å². The molecule has 0 aliphatic rings. The molecule has 138 valence electrons. The van der Waals surface area contributed by atoms with E-state index in [1.165, 1.54) is 0 Å². The molecule has 0 heterocycles. The van der Waals surface area contributed by atoms with Crippen molar-refractivity contribution < 1.29 is 19.1 Å². The molecule has 2 amide bonds. The van der Waals surface area contributed by atoms with Gasteiger partial charge in [-0.25, -0.2) is 0 Å². The molecule has 2 aromatic carbocycles. The number of hydrogen-bond acceptors (Lipinski definition) is 4. The first kappa shape index (κ1) is 20.4.